The zero-order valence-corrected chi connectivity index (χ0v) is 13.4. The van der Waals surface area contributed by atoms with E-state index in [2.05, 4.69) is 36.4 Å². The summed E-state index contributed by atoms with van der Waals surface area (Å²) in [4.78, 5) is 3.63. The average Bonchev–Trinajstić information content (AvgIpc) is 2.38. The average molecular weight is 299 g/mol. The Morgan fingerprint density at radius 2 is 2.21 bits per heavy atom. The van der Waals surface area contributed by atoms with E-state index >= 15 is 0 Å². The highest BCUT2D eigenvalue weighted by Gasteiger charge is 2.20. The van der Waals surface area contributed by atoms with Gasteiger partial charge in [-0.2, -0.15) is 0 Å². The third-order valence-electron chi connectivity index (χ3n) is 3.43. The molecule has 0 saturated heterocycles. The van der Waals surface area contributed by atoms with Crippen molar-refractivity contribution in [1.82, 2.24) is 10.2 Å². The highest BCUT2D eigenvalue weighted by atomic mass is 35.5. The summed E-state index contributed by atoms with van der Waals surface area (Å²) in [5.41, 5.74) is 1.39. The lowest BCUT2D eigenvalue weighted by atomic mass is 10.0. The van der Waals surface area contributed by atoms with E-state index < -0.39 is 0 Å². The molecule has 2 rings (SSSR count). The summed E-state index contributed by atoms with van der Waals surface area (Å²) < 4.78 is 0. The molecule has 0 fully saturated rings. The molecule has 1 aromatic carbocycles. The third-order valence-corrected chi connectivity index (χ3v) is 4.79. The molecule has 4 heteroatoms. The first-order valence-electron chi connectivity index (χ1n) is 6.97. The topological polar surface area (TPSA) is 15.3 Å². The van der Waals surface area contributed by atoms with E-state index in [1.807, 2.05) is 17.8 Å². The SMILES string of the molecule is CN(C)CCCCNC1CCSc2ccc(Cl)cc21. The van der Waals surface area contributed by atoms with Gasteiger partial charge >= 0.3 is 0 Å². The second kappa shape index (κ2) is 7.53. The van der Waals surface area contributed by atoms with Crippen LogP contribution in [0.5, 0.6) is 0 Å². The van der Waals surface area contributed by atoms with Crippen LogP contribution in [0.1, 0.15) is 30.9 Å². The fourth-order valence-electron chi connectivity index (χ4n) is 2.41. The Bertz CT molecular complexity index is 409. The number of thioether (sulfide) groups is 1. The number of benzene rings is 1. The number of nitrogens with one attached hydrogen (secondary N) is 1. The third kappa shape index (κ3) is 4.67. The second-order valence-corrected chi connectivity index (χ2v) is 6.91. The molecule has 0 spiro atoms. The van der Waals surface area contributed by atoms with E-state index in [9.17, 15) is 0 Å². The molecular weight excluding hydrogens is 276 g/mol. The maximum atomic E-state index is 6.12. The molecule has 1 aliphatic rings. The Labute approximate surface area is 125 Å². The van der Waals surface area contributed by atoms with Crippen molar-refractivity contribution in [2.24, 2.45) is 0 Å². The van der Waals surface area contributed by atoms with Gasteiger partial charge in [0.05, 0.1) is 0 Å². The van der Waals surface area contributed by atoms with E-state index in [0.29, 0.717) is 6.04 Å². The van der Waals surface area contributed by atoms with Gasteiger partial charge in [-0.3, -0.25) is 0 Å². The van der Waals surface area contributed by atoms with E-state index in [1.54, 1.807) is 0 Å². The van der Waals surface area contributed by atoms with Crippen molar-refractivity contribution in [2.75, 3.05) is 32.9 Å². The number of unbranched alkanes of at least 4 members (excludes halogenated alkanes) is 1. The van der Waals surface area contributed by atoms with Gasteiger partial charge in [0.25, 0.3) is 0 Å². The molecule has 0 saturated carbocycles. The molecule has 1 N–H and O–H groups in total. The standard InChI is InChI=1S/C15H23ClN2S/c1-18(2)9-4-3-8-17-14-7-10-19-15-6-5-12(16)11-13(14)15/h5-6,11,14,17H,3-4,7-10H2,1-2H3. The lowest BCUT2D eigenvalue weighted by Gasteiger charge is -2.26. The predicted molar refractivity (Wildman–Crippen MR) is 85.3 cm³/mol. The Morgan fingerprint density at radius 3 is 3.00 bits per heavy atom. The summed E-state index contributed by atoms with van der Waals surface area (Å²) in [5, 5.41) is 4.54. The number of fused-ring (bicyclic) bond motifs is 1. The van der Waals surface area contributed by atoms with Gasteiger partial charge < -0.3 is 10.2 Å². The molecular formula is C15H23ClN2S. The van der Waals surface area contributed by atoms with Gasteiger partial charge in [-0.15, -0.1) is 11.8 Å². The maximum Gasteiger partial charge on any atom is 0.0410 e. The van der Waals surface area contributed by atoms with Gasteiger partial charge in [0.1, 0.15) is 0 Å². The van der Waals surface area contributed by atoms with Crippen LogP contribution in [0.15, 0.2) is 23.1 Å². The fraction of sp³-hybridized carbons (Fsp3) is 0.600. The van der Waals surface area contributed by atoms with Gasteiger partial charge in [-0.1, -0.05) is 11.6 Å². The normalized spacial score (nSPS) is 18.6. The van der Waals surface area contributed by atoms with Crippen LogP contribution in [0.2, 0.25) is 5.02 Å². The maximum absolute atomic E-state index is 6.12. The van der Waals surface area contributed by atoms with Crippen LogP contribution in [0.3, 0.4) is 0 Å². The van der Waals surface area contributed by atoms with Crippen molar-refractivity contribution in [3.63, 3.8) is 0 Å². The summed E-state index contributed by atoms with van der Waals surface area (Å²) in [7, 11) is 4.26. The Kier molecular flexibility index (Phi) is 6.02. The molecule has 0 amide bonds. The molecule has 1 heterocycles. The zero-order valence-electron chi connectivity index (χ0n) is 11.8. The van der Waals surface area contributed by atoms with Crippen molar-refractivity contribution in [3.8, 4) is 0 Å². The largest absolute Gasteiger partial charge is 0.310 e. The van der Waals surface area contributed by atoms with E-state index in [4.69, 9.17) is 11.6 Å². The number of hydrogen-bond donors (Lipinski definition) is 1. The Balaban J connectivity index is 1.84. The summed E-state index contributed by atoms with van der Waals surface area (Å²) >= 11 is 8.06. The molecule has 2 nitrogen and oxygen atoms in total. The van der Waals surface area contributed by atoms with Crippen LogP contribution >= 0.6 is 23.4 Å². The molecule has 1 aromatic rings. The first-order chi connectivity index (χ1) is 9.16. The van der Waals surface area contributed by atoms with Crippen molar-refractivity contribution in [3.05, 3.63) is 28.8 Å². The van der Waals surface area contributed by atoms with Gasteiger partial charge in [0, 0.05) is 16.0 Å². The van der Waals surface area contributed by atoms with Crippen LogP contribution in [0.4, 0.5) is 0 Å². The summed E-state index contributed by atoms with van der Waals surface area (Å²) in [5.74, 6) is 1.20. The van der Waals surface area contributed by atoms with Gasteiger partial charge in [-0.05, 0) is 76.0 Å². The molecule has 0 aliphatic carbocycles. The predicted octanol–water partition coefficient (Wildman–Crippen LogP) is 3.81. The molecule has 106 valence electrons. The first-order valence-corrected chi connectivity index (χ1v) is 8.33. The summed E-state index contributed by atoms with van der Waals surface area (Å²) in [6, 6.07) is 6.75. The minimum Gasteiger partial charge on any atom is -0.310 e. The van der Waals surface area contributed by atoms with Gasteiger partial charge in [0.2, 0.25) is 0 Å². The smallest absolute Gasteiger partial charge is 0.0410 e. The quantitative estimate of drug-likeness (QED) is 0.804. The number of hydrogen-bond acceptors (Lipinski definition) is 3. The second-order valence-electron chi connectivity index (χ2n) is 5.34. The summed E-state index contributed by atoms with van der Waals surface area (Å²) in [6.45, 7) is 2.26. The minimum atomic E-state index is 0.481. The van der Waals surface area contributed by atoms with Crippen molar-refractivity contribution in [2.45, 2.75) is 30.2 Å². The molecule has 1 unspecified atom stereocenters. The molecule has 0 radical (unpaired) electrons. The Hall–Kier alpha value is -0.220. The minimum absolute atomic E-state index is 0.481. The fourth-order valence-corrected chi connectivity index (χ4v) is 3.69. The first kappa shape index (κ1) is 15.2. The number of halogens is 1. The lowest BCUT2D eigenvalue weighted by molar-refractivity contribution is 0.386. The Morgan fingerprint density at radius 1 is 1.37 bits per heavy atom. The van der Waals surface area contributed by atoms with Crippen LogP contribution in [-0.4, -0.2) is 37.8 Å². The van der Waals surface area contributed by atoms with Crippen molar-refractivity contribution >= 4 is 23.4 Å². The molecule has 1 atom stereocenters. The van der Waals surface area contributed by atoms with Crippen molar-refractivity contribution in [1.29, 1.82) is 0 Å². The monoisotopic (exact) mass is 298 g/mol. The molecule has 0 aromatic heterocycles. The van der Waals surface area contributed by atoms with Crippen LogP contribution in [0, 0.1) is 0 Å². The van der Waals surface area contributed by atoms with E-state index in [0.717, 1.165) is 11.6 Å². The zero-order chi connectivity index (χ0) is 13.7. The highest BCUT2D eigenvalue weighted by molar-refractivity contribution is 7.99. The lowest BCUT2D eigenvalue weighted by Crippen LogP contribution is -2.26. The summed E-state index contributed by atoms with van der Waals surface area (Å²) in [6.07, 6.45) is 3.69. The molecule has 0 bridgehead atoms. The number of nitrogens with zero attached hydrogens (tertiary/aromatic N) is 1. The van der Waals surface area contributed by atoms with Crippen LogP contribution in [0.25, 0.3) is 0 Å². The van der Waals surface area contributed by atoms with Gasteiger partial charge in [-0.25, -0.2) is 0 Å². The van der Waals surface area contributed by atoms with Crippen LogP contribution in [-0.2, 0) is 0 Å². The molecule has 19 heavy (non-hydrogen) atoms. The number of rotatable bonds is 6. The van der Waals surface area contributed by atoms with Gasteiger partial charge in [0.15, 0.2) is 0 Å². The van der Waals surface area contributed by atoms with Crippen molar-refractivity contribution < 1.29 is 0 Å². The van der Waals surface area contributed by atoms with Crippen LogP contribution < -0.4 is 5.32 Å². The highest BCUT2D eigenvalue weighted by Crippen LogP contribution is 2.37. The van der Waals surface area contributed by atoms with E-state index in [-0.39, 0.29) is 0 Å². The van der Waals surface area contributed by atoms with E-state index in [1.165, 1.54) is 42.0 Å². The molecule has 1 aliphatic heterocycles.